The third-order valence-corrected chi connectivity index (χ3v) is 3.56. The van der Waals surface area contributed by atoms with Gasteiger partial charge in [0.15, 0.2) is 0 Å². The summed E-state index contributed by atoms with van der Waals surface area (Å²) in [5.74, 6) is -0.0875. The first-order valence-corrected chi connectivity index (χ1v) is 6.88. The number of aromatic nitrogens is 1. The van der Waals surface area contributed by atoms with Crippen molar-refractivity contribution in [2.24, 2.45) is 0 Å². The van der Waals surface area contributed by atoms with Crippen molar-refractivity contribution < 1.29 is 9.53 Å². The number of morpholine rings is 1. The molecule has 1 N–H and O–H groups in total. The summed E-state index contributed by atoms with van der Waals surface area (Å²) >= 11 is 0. The van der Waals surface area contributed by atoms with E-state index in [0.717, 1.165) is 5.56 Å². The zero-order chi connectivity index (χ0) is 14.7. The van der Waals surface area contributed by atoms with E-state index in [4.69, 9.17) is 4.74 Å². The first-order valence-electron chi connectivity index (χ1n) is 6.88. The lowest BCUT2D eigenvalue weighted by atomic mass is 10.1. The molecule has 0 spiro atoms. The lowest BCUT2D eigenvalue weighted by Crippen LogP contribution is -2.42. The number of ether oxygens (including phenoxy) is 1. The molecule has 3 rings (SSSR count). The van der Waals surface area contributed by atoms with E-state index >= 15 is 0 Å². The van der Waals surface area contributed by atoms with E-state index in [2.05, 4.69) is 4.98 Å². The minimum absolute atomic E-state index is 0.0875. The van der Waals surface area contributed by atoms with Gasteiger partial charge in [0.25, 0.3) is 5.91 Å². The molecule has 0 unspecified atom stereocenters. The Labute approximate surface area is 122 Å². The highest BCUT2D eigenvalue weighted by Gasteiger charge is 2.26. The van der Waals surface area contributed by atoms with Crippen LogP contribution >= 0.6 is 0 Å². The smallest absolute Gasteiger partial charge is 0.255 e. The monoisotopic (exact) mass is 284 g/mol. The van der Waals surface area contributed by atoms with Gasteiger partial charge in [0.2, 0.25) is 5.56 Å². The topological polar surface area (TPSA) is 62.4 Å². The van der Waals surface area contributed by atoms with Gasteiger partial charge >= 0.3 is 0 Å². The van der Waals surface area contributed by atoms with Gasteiger partial charge in [0.1, 0.15) is 6.10 Å². The molecule has 0 bridgehead atoms. The normalized spacial score (nSPS) is 18.5. The molecule has 5 nitrogen and oxygen atoms in total. The highest BCUT2D eigenvalue weighted by Crippen LogP contribution is 2.22. The van der Waals surface area contributed by atoms with Gasteiger partial charge in [-0.2, -0.15) is 0 Å². The Morgan fingerprint density at radius 2 is 2.00 bits per heavy atom. The summed E-state index contributed by atoms with van der Waals surface area (Å²) in [6, 6.07) is 12.8. The van der Waals surface area contributed by atoms with Crippen molar-refractivity contribution in [1.82, 2.24) is 9.88 Å². The summed E-state index contributed by atoms with van der Waals surface area (Å²) in [6.45, 7) is 1.58. The number of hydrogen-bond acceptors (Lipinski definition) is 3. The predicted molar refractivity (Wildman–Crippen MR) is 78.1 cm³/mol. The molecule has 1 amide bonds. The second-order valence-electron chi connectivity index (χ2n) is 4.96. The molecule has 2 heterocycles. The van der Waals surface area contributed by atoms with Crippen LogP contribution < -0.4 is 5.56 Å². The number of amides is 1. The van der Waals surface area contributed by atoms with Crippen molar-refractivity contribution in [3.63, 3.8) is 0 Å². The van der Waals surface area contributed by atoms with Gasteiger partial charge in [-0.05, 0) is 11.6 Å². The Bertz CT molecular complexity index is 661. The highest BCUT2D eigenvalue weighted by atomic mass is 16.5. The Kier molecular flexibility index (Phi) is 3.83. The maximum absolute atomic E-state index is 12.4. The number of carbonyl (C=O) groups is 1. The maximum Gasteiger partial charge on any atom is 0.255 e. The quantitative estimate of drug-likeness (QED) is 0.911. The van der Waals surface area contributed by atoms with Crippen LogP contribution in [0.3, 0.4) is 0 Å². The summed E-state index contributed by atoms with van der Waals surface area (Å²) in [5, 5.41) is 0. The molecule has 1 aromatic heterocycles. The number of aromatic amines is 1. The second kappa shape index (κ2) is 5.93. The Morgan fingerprint density at radius 1 is 1.19 bits per heavy atom. The van der Waals surface area contributed by atoms with E-state index in [-0.39, 0.29) is 17.6 Å². The number of hydrogen-bond donors (Lipinski definition) is 1. The van der Waals surface area contributed by atoms with Crippen LogP contribution in [0.4, 0.5) is 0 Å². The van der Waals surface area contributed by atoms with Crippen LogP contribution in [0, 0.1) is 0 Å². The first kappa shape index (κ1) is 13.6. The van der Waals surface area contributed by atoms with Gasteiger partial charge < -0.3 is 14.6 Å². The highest BCUT2D eigenvalue weighted by molar-refractivity contribution is 5.93. The van der Waals surface area contributed by atoms with Crippen LogP contribution in [0.25, 0.3) is 0 Å². The molecule has 5 heteroatoms. The Balaban J connectivity index is 1.75. The van der Waals surface area contributed by atoms with E-state index in [9.17, 15) is 9.59 Å². The molecule has 1 aliphatic heterocycles. The number of nitrogens with zero attached hydrogens (tertiary/aromatic N) is 1. The fourth-order valence-corrected chi connectivity index (χ4v) is 2.43. The molecular weight excluding hydrogens is 268 g/mol. The summed E-state index contributed by atoms with van der Waals surface area (Å²) in [7, 11) is 0. The summed E-state index contributed by atoms with van der Waals surface area (Å²) in [6.07, 6.45) is 1.35. The molecule has 1 saturated heterocycles. The van der Waals surface area contributed by atoms with Gasteiger partial charge in [0, 0.05) is 18.8 Å². The van der Waals surface area contributed by atoms with Crippen molar-refractivity contribution in [3.8, 4) is 0 Å². The van der Waals surface area contributed by atoms with Crippen LogP contribution in [0.1, 0.15) is 22.0 Å². The number of benzene rings is 1. The molecular formula is C16H16N2O3. The third kappa shape index (κ3) is 3.03. The van der Waals surface area contributed by atoms with Crippen LogP contribution in [0.2, 0.25) is 0 Å². The zero-order valence-corrected chi connectivity index (χ0v) is 11.5. The summed E-state index contributed by atoms with van der Waals surface area (Å²) < 4.78 is 5.75. The fourth-order valence-electron chi connectivity index (χ4n) is 2.43. The number of carbonyl (C=O) groups excluding carboxylic acids is 1. The lowest BCUT2D eigenvalue weighted by molar-refractivity contribution is -0.0228. The van der Waals surface area contributed by atoms with Crippen molar-refractivity contribution in [2.75, 3.05) is 19.7 Å². The van der Waals surface area contributed by atoms with E-state index < -0.39 is 0 Å². The van der Waals surface area contributed by atoms with Crippen molar-refractivity contribution in [2.45, 2.75) is 6.10 Å². The molecule has 108 valence electrons. The minimum atomic E-state index is -0.212. The van der Waals surface area contributed by atoms with E-state index in [0.29, 0.717) is 25.3 Å². The Hall–Kier alpha value is -2.40. The largest absolute Gasteiger partial charge is 0.370 e. The maximum atomic E-state index is 12.4. The Morgan fingerprint density at radius 3 is 2.71 bits per heavy atom. The molecule has 0 aliphatic carbocycles. The van der Waals surface area contributed by atoms with Gasteiger partial charge in [-0.25, -0.2) is 0 Å². The van der Waals surface area contributed by atoms with E-state index in [1.807, 2.05) is 30.3 Å². The van der Waals surface area contributed by atoms with Gasteiger partial charge in [-0.15, -0.1) is 0 Å². The molecule has 1 fully saturated rings. The van der Waals surface area contributed by atoms with Gasteiger partial charge in [-0.1, -0.05) is 30.3 Å². The van der Waals surface area contributed by atoms with Crippen LogP contribution in [0.15, 0.2) is 53.5 Å². The standard InChI is InChI=1S/C16H16N2O3/c19-15-7-6-13(10-17-15)16(20)18-8-9-21-14(11-18)12-4-2-1-3-5-12/h1-7,10,14H,8-9,11H2,(H,17,19)/t14-/m1/s1. The predicted octanol–water partition coefficient (Wildman–Crippen LogP) is 1.59. The van der Waals surface area contributed by atoms with Gasteiger partial charge in [-0.3, -0.25) is 9.59 Å². The first-order chi connectivity index (χ1) is 10.2. The van der Waals surface area contributed by atoms with E-state index in [1.54, 1.807) is 11.0 Å². The third-order valence-electron chi connectivity index (χ3n) is 3.56. The fraction of sp³-hybridized carbons (Fsp3) is 0.250. The average molecular weight is 284 g/mol. The second-order valence-corrected chi connectivity index (χ2v) is 4.96. The molecule has 1 aromatic carbocycles. The minimum Gasteiger partial charge on any atom is -0.370 e. The molecule has 1 aliphatic rings. The number of rotatable bonds is 2. The van der Waals surface area contributed by atoms with Crippen molar-refractivity contribution in [3.05, 3.63) is 70.1 Å². The lowest BCUT2D eigenvalue weighted by Gasteiger charge is -2.33. The van der Waals surface area contributed by atoms with E-state index in [1.165, 1.54) is 12.3 Å². The molecule has 0 radical (unpaired) electrons. The SMILES string of the molecule is O=C(c1ccc(=O)[nH]c1)N1CCO[C@@H](c2ccccc2)C1. The number of pyridine rings is 1. The molecule has 21 heavy (non-hydrogen) atoms. The molecule has 1 atom stereocenters. The summed E-state index contributed by atoms with van der Waals surface area (Å²) in [5.41, 5.74) is 1.34. The zero-order valence-electron chi connectivity index (χ0n) is 11.5. The van der Waals surface area contributed by atoms with Crippen LogP contribution in [-0.4, -0.2) is 35.5 Å². The number of nitrogens with one attached hydrogen (secondary N) is 1. The summed E-state index contributed by atoms with van der Waals surface area (Å²) in [4.78, 5) is 27.8. The van der Waals surface area contributed by atoms with Crippen LogP contribution in [-0.2, 0) is 4.74 Å². The van der Waals surface area contributed by atoms with Crippen molar-refractivity contribution >= 4 is 5.91 Å². The van der Waals surface area contributed by atoms with Crippen molar-refractivity contribution in [1.29, 1.82) is 0 Å². The average Bonchev–Trinajstić information content (AvgIpc) is 2.56. The molecule has 0 saturated carbocycles. The van der Waals surface area contributed by atoms with Crippen LogP contribution in [0.5, 0.6) is 0 Å². The number of H-pyrrole nitrogens is 1. The molecule has 2 aromatic rings. The van der Waals surface area contributed by atoms with Gasteiger partial charge in [0.05, 0.1) is 18.7 Å².